The molecule has 1 aromatic rings. The van der Waals surface area contributed by atoms with E-state index in [1.165, 1.54) is 25.7 Å². The maximum atomic E-state index is 12.6. The van der Waals surface area contributed by atoms with Crippen LogP contribution in [0.3, 0.4) is 0 Å². The molecule has 1 saturated heterocycles. The Hall–Kier alpha value is -1.37. The normalized spacial score (nSPS) is 26.6. The molecule has 0 radical (unpaired) electrons. The van der Waals surface area contributed by atoms with Crippen molar-refractivity contribution in [1.29, 1.82) is 0 Å². The van der Waals surface area contributed by atoms with Gasteiger partial charge in [0, 0.05) is 11.7 Å². The summed E-state index contributed by atoms with van der Waals surface area (Å²) < 4.78 is 25.0. The van der Waals surface area contributed by atoms with Gasteiger partial charge in [-0.2, -0.15) is 5.10 Å². The van der Waals surface area contributed by atoms with Crippen LogP contribution in [0.15, 0.2) is 6.20 Å². The van der Waals surface area contributed by atoms with E-state index in [9.17, 15) is 13.2 Å². The van der Waals surface area contributed by atoms with Crippen LogP contribution < -0.4 is 5.32 Å². The fraction of sp³-hybridized carbons (Fsp3) is 0.750. The molecule has 1 N–H and O–H groups in total. The summed E-state index contributed by atoms with van der Waals surface area (Å²) in [6, 6.07) is 0.182. The highest BCUT2D eigenvalue weighted by Gasteiger charge is 2.42. The van der Waals surface area contributed by atoms with Crippen molar-refractivity contribution >= 4 is 15.7 Å². The molecule has 2 aliphatic carbocycles. The average molecular weight is 337 g/mol. The van der Waals surface area contributed by atoms with Crippen LogP contribution in [0.2, 0.25) is 0 Å². The number of aromatic nitrogens is 2. The summed E-state index contributed by atoms with van der Waals surface area (Å²) in [5.41, 5.74) is 1.36. The Balaban J connectivity index is 1.50. The average Bonchev–Trinajstić information content (AvgIpc) is 3.40. The maximum absolute atomic E-state index is 12.6. The third kappa shape index (κ3) is 3.03. The molecule has 2 saturated carbocycles. The summed E-state index contributed by atoms with van der Waals surface area (Å²) in [6.45, 7) is 1.86. The first-order valence-corrected chi connectivity index (χ1v) is 10.3. The van der Waals surface area contributed by atoms with Crippen molar-refractivity contribution in [2.45, 2.75) is 51.1 Å². The summed E-state index contributed by atoms with van der Waals surface area (Å²) >= 11 is 0. The van der Waals surface area contributed by atoms with Crippen molar-refractivity contribution in [3.63, 3.8) is 0 Å². The predicted molar refractivity (Wildman–Crippen MR) is 86.0 cm³/mol. The molecule has 0 spiro atoms. The summed E-state index contributed by atoms with van der Waals surface area (Å²) in [6.07, 6.45) is 7.06. The number of amides is 1. The number of nitrogens with zero attached hydrogens (tertiary/aromatic N) is 2. The van der Waals surface area contributed by atoms with Gasteiger partial charge in [-0.3, -0.25) is 9.48 Å². The summed E-state index contributed by atoms with van der Waals surface area (Å²) in [7, 11) is -2.96. The predicted octanol–water partition coefficient (Wildman–Crippen LogP) is 1.47. The van der Waals surface area contributed by atoms with Gasteiger partial charge in [0.1, 0.15) is 0 Å². The largest absolute Gasteiger partial charge is 0.349 e. The fourth-order valence-corrected chi connectivity index (χ4v) is 5.44. The van der Waals surface area contributed by atoms with Crippen LogP contribution in [0.4, 0.5) is 0 Å². The summed E-state index contributed by atoms with van der Waals surface area (Å²) in [5, 5.41) is 7.51. The second-order valence-corrected chi connectivity index (χ2v) is 9.55. The highest BCUT2D eigenvalue weighted by molar-refractivity contribution is 7.91. The molecule has 1 aromatic heterocycles. The Kier molecular flexibility index (Phi) is 3.51. The van der Waals surface area contributed by atoms with E-state index in [0.29, 0.717) is 29.9 Å². The Morgan fingerprint density at radius 2 is 1.91 bits per heavy atom. The minimum atomic E-state index is -2.96. The van der Waals surface area contributed by atoms with E-state index in [4.69, 9.17) is 0 Å². The van der Waals surface area contributed by atoms with E-state index < -0.39 is 9.84 Å². The molecule has 1 atom stereocenters. The van der Waals surface area contributed by atoms with Gasteiger partial charge in [0.25, 0.3) is 5.91 Å². The standard InChI is InChI=1S/C16H23N3O3S/c1-10-14(8-17-19(10)13-6-7-23(21,22)9-13)16(20)18-15(11-2-3-11)12-4-5-12/h8,11-13,15H,2-7,9H2,1H3,(H,18,20)/t13-/m1/s1. The van der Waals surface area contributed by atoms with Gasteiger partial charge >= 0.3 is 0 Å². The van der Waals surface area contributed by atoms with Crippen molar-refractivity contribution in [1.82, 2.24) is 15.1 Å². The molecule has 2 heterocycles. The molecule has 4 rings (SSSR count). The molecule has 1 amide bonds. The minimum absolute atomic E-state index is 0.0570. The number of carbonyl (C=O) groups is 1. The number of rotatable bonds is 5. The lowest BCUT2D eigenvalue weighted by Gasteiger charge is -2.17. The van der Waals surface area contributed by atoms with E-state index in [1.807, 2.05) is 6.92 Å². The van der Waals surface area contributed by atoms with Gasteiger partial charge in [0.2, 0.25) is 0 Å². The quantitative estimate of drug-likeness (QED) is 0.882. The van der Waals surface area contributed by atoms with Gasteiger partial charge < -0.3 is 5.32 Å². The third-order valence-corrected chi connectivity index (χ3v) is 7.15. The molecule has 23 heavy (non-hydrogen) atoms. The van der Waals surface area contributed by atoms with E-state index in [1.54, 1.807) is 10.9 Å². The van der Waals surface area contributed by atoms with Crippen LogP contribution in [0, 0.1) is 18.8 Å². The van der Waals surface area contributed by atoms with Crippen LogP contribution in [-0.2, 0) is 9.84 Å². The van der Waals surface area contributed by atoms with Crippen LogP contribution in [0.1, 0.15) is 54.2 Å². The third-order valence-electron chi connectivity index (χ3n) is 5.40. The van der Waals surface area contributed by atoms with Crippen LogP contribution in [0.5, 0.6) is 0 Å². The number of carbonyl (C=O) groups excluding carboxylic acids is 1. The lowest BCUT2D eigenvalue weighted by molar-refractivity contribution is 0.0925. The first-order chi connectivity index (χ1) is 10.9. The molecular weight excluding hydrogens is 314 g/mol. The van der Waals surface area contributed by atoms with E-state index in [-0.39, 0.29) is 23.5 Å². The molecule has 7 heteroatoms. The molecular formula is C16H23N3O3S. The van der Waals surface area contributed by atoms with Gasteiger partial charge in [-0.15, -0.1) is 0 Å². The lowest BCUT2D eigenvalue weighted by Crippen LogP contribution is -2.38. The van der Waals surface area contributed by atoms with Gasteiger partial charge in [-0.1, -0.05) is 0 Å². The fourth-order valence-electron chi connectivity index (χ4n) is 3.74. The molecule has 0 bridgehead atoms. The minimum Gasteiger partial charge on any atom is -0.349 e. The van der Waals surface area contributed by atoms with Gasteiger partial charge in [0.05, 0.1) is 29.3 Å². The molecule has 6 nitrogen and oxygen atoms in total. The molecule has 0 aromatic carbocycles. The Morgan fingerprint density at radius 1 is 1.26 bits per heavy atom. The highest BCUT2D eigenvalue weighted by atomic mass is 32.2. The second kappa shape index (κ2) is 5.33. The maximum Gasteiger partial charge on any atom is 0.254 e. The van der Waals surface area contributed by atoms with Crippen molar-refractivity contribution in [2.24, 2.45) is 11.8 Å². The molecule has 1 aliphatic heterocycles. The highest BCUT2D eigenvalue weighted by Crippen LogP contribution is 2.44. The number of hydrogen-bond donors (Lipinski definition) is 1. The first kappa shape index (κ1) is 15.2. The number of sulfone groups is 1. The zero-order valence-corrected chi connectivity index (χ0v) is 14.2. The smallest absolute Gasteiger partial charge is 0.254 e. The van der Waals surface area contributed by atoms with Crippen molar-refractivity contribution in [3.8, 4) is 0 Å². The second-order valence-electron chi connectivity index (χ2n) is 7.32. The Labute approximate surface area is 136 Å². The van der Waals surface area contributed by atoms with Crippen molar-refractivity contribution in [2.75, 3.05) is 11.5 Å². The lowest BCUT2D eigenvalue weighted by atomic mass is 10.1. The van der Waals surface area contributed by atoms with Crippen LogP contribution in [-0.4, -0.2) is 41.7 Å². The molecule has 3 fully saturated rings. The Bertz CT molecular complexity index is 720. The van der Waals surface area contributed by atoms with Gasteiger partial charge in [-0.05, 0) is 50.9 Å². The number of nitrogens with one attached hydrogen (secondary N) is 1. The zero-order chi connectivity index (χ0) is 16.2. The Morgan fingerprint density at radius 3 is 2.43 bits per heavy atom. The summed E-state index contributed by atoms with van der Waals surface area (Å²) in [4.78, 5) is 12.6. The zero-order valence-electron chi connectivity index (χ0n) is 13.4. The van der Waals surface area contributed by atoms with Crippen molar-refractivity contribution in [3.05, 3.63) is 17.5 Å². The molecule has 3 aliphatic rings. The van der Waals surface area contributed by atoms with E-state index >= 15 is 0 Å². The topological polar surface area (TPSA) is 81.1 Å². The van der Waals surface area contributed by atoms with E-state index in [0.717, 1.165) is 5.69 Å². The monoisotopic (exact) mass is 337 g/mol. The summed E-state index contributed by atoms with van der Waals surface area (Å²) in [5.74, 6) is 1.59. The van der Waals surface area contributed by atoms with Gasteiger partial charge in [-0.25, -0.2) is 8.42 Å². The van der Waals surface area contributed by atoms with E-state index in [2.05, 4.69) is 10.4 Å². The van der Waals surface area contributed by atoms with Crippen molar-refractivity contribution < 1.29 is 13.2 Å². The molecule has 126 valence electrons. The van der Waals surface area contributed by atoms with Crippen LogP contribution >= 0.6 is 0 Å². The van der Waals surface area contributed by atoms with Crippen LogP contribution in [0.25, 0.3) is 0 Å². The SMILES string of the molecule is Cc1c(C(=O)NC(C2CC2)C2CC2)cnn1[C@@H]1CCS(=O)(=O)C1. The van der Waals surface area contributed by atoms with Gasteiger partial charge in [0.15, 0.2) is 9.84 Å². The number of hydrogen-bond acceptors (Lipinski definition) is 4. The first-order valence-electron chi connectivity index (χ1n) is 8.50. The molecule has 0 unspecified atom stereocenters.